The van der Waals surface area contributed by atoms with Gasteiger partial charge in [0.05, 0.1) is 11.9 Å². The highest BCUT2D eigenvalue weighted by Gasteiger charge is 2.14. The molecule has 15 heavy (non-hydrogen) atoms. The lowest BCUT2D eigenvalue weighted by Gasteiger charge is -2.07. The van der Waals surface area contributed by atoms with Crippen LogP contribution in [0.2, 0.25) is 0 Å². The Morgan fingerprint density at radius 3 is 2.33 bits per heavy atom. The number of aliphatic hydroxyl groups excluding tert-OH is 1. The van der Waals surface area contributed by atoms with Crippen molar-refractivity contribution in [3.63, 3.8) is 0 Å². The Balaban J connectivity index is 2.59. The number of hydrogen-bond donors (Lipinski definition) is 1. The van der Waals surface area contributed by atoms with E-state index in [1.54, 1.807) is 0 Å². The van der Waals surface area contributed by atoms with Crippen molar-refractivity contribution in [1.82, 2.24) is 0 Å². The summed E-state index contributed by atoms with van der Waals surface area (Å²) in [5.41, 5.74) is 0.657. The first kappa shape index (κ1) is 12.4. The Labute approximate surface area is 91.9 Å². The van der Waals surface area contributed by atoms with Crippen LogP contribution in [0.4, 0.5) is 4.39 Å². The van der Waals surface area contributed by atoms with E-state index < -0.39 is 20.9 Å². The third kappa shape index (κ3) is 5.11. The van der Waals surface area contributed by atoms with Crippen molar-refractivity contribution in [3.8, 4) is 0 Å². The van der Waals surface area contributed by atoms with Gasteiger partial charge in [0.1, 0.15) is 5.82 Å². The quantitative estimate of drug-likeness (QED) is 0.822. The maximum absolute atomic E-state index is 12.5. The standard InChI is InChI=1S/C9H10ClFO3S/c10-15(13,14)6-9(12)5-7-1-3-8(11)4-2-7/h1-4,9,12H,5-6H2. The number of hydrogen-bond acceptors (Lipinski definition) is 3. The van der Waals surface area contributed by atoms with Gasteiger partial charge < -0.3 is 5.11 Å². The maximum atomic E-state index is 12.5. The molecule has 6 heteroatoms. The minimum Gasteiger partial charge on any atom is -0.392 e. The molecular formula is C9H10ClFO3S. The van der Waals surface area contributed by atoms with Crippen molar-refractivity contribution in [2.24, 2.45) is 0 Å². The van der Waals surface area contributed by atoms with Gasteiger partial charge in [-0.05, 0) is 24.1 Å². The smallest absolute Gasteiger partial charge is 0.235 e. The summed E-state index contributed by atoms with van der Waals surface area (Å²) in [4.78, 5) is 0. The predicted molar refractivity (Wildman–Crippen MR) is 55.8 cm³/mol. The van der Waals surface area contributed by atoms with Crippen LogP contribution >= 0.6 is 10.7 Å². The van der Waals surface area contributed by atoms with Crippen LogP contribution in [0.25, 0.3) is 0 Å². The molecule has 0 amide bonds. The van der Waals surface area contributed by atoms with E-state index in [9.17, 15) is 17.9 Å². The predicted octanol–water partition coefficient (Wildman–Crippen LogP) is 1.30. The van der Waals surface area contributed by atoms with Crippen LogP contribution in [-0.4, -0.2) is 25.4 Å². The van der Waals surface area contributed by atoms with E-state index in [2.05, 4.69) is 0 Å². The number of rotatable bonds is 4. The lowest BCUT2D eigenvalue weighted by Crippen LogP contribution is -2.19. The van der Waals surface area contributed by atoms with Gasteiger partial charge in [-0.15, -0.1) is 0 Å². The largest absolute Gasteiger partial charge is 0.392 e. The molecular weight excluding hydrogens is 243 g/mol. The summed E-state index contributed by atoms with van der Waals surface area (Å²) < 4.78 is 33.8. The molecule has 84 valence electrons. The molecule has 0 aliphatic carbocycles. The summed E-state index contributed by atoms with van der Waals surface area (Å²) in [5, 5.41) is 9.35. The molecule has 0 spiro atoms. The highest BCUT2D eigenvalue weighted by Crippen LogP contribution is 2.08. The SMILES string of the molecule is O=S(=O)(Cl)CC(O)Cc1ccc(F)cc1. The summed E-state index contributed by atoms with van der Waals surface area (Å²) in [6, 6.07) is 5.47. The van der Waals surface area contributed by atoms with Crippen molar-refractivity contribution < 1.29 is 17.9 Å². The Morgan fingerprint density at radius 1 is 1.33 bits per heavy atom. The average Bonchev–Trinajstić information content (AvgIpc) is 2.05. The molecule has 1 aromatic rings. The fourth-order valence-corrected chi connectivity index (χ4v) is 2.20. The van der Waals surface area contributed by atoms with Gasteiger partial charge in [-0.1, -0.05) is 12.1 Å². The average molecular weight is 253 g/mol. The van der Waals surface area contributed by atoms with Crippen molar-refractivity contribution in [2.45, 2.75) is 12.5 Å². The van der Waals surface area contributed by atoms with Crippen LogP contribution in [0.3, 0.4) is 0 Å². The highest BCUT2D eigenvalue weighted by molar-refractivity contribution is 8.13. The molecule has 1 atom stereocenters. The first-order valence-corrected chi connectivity index (χ1v) is 6.69. The maximum Gasteiger partial charge on any atom is 0.235 e. The first-order valence-electron chi connectivity index (χ1n) is 4.21. The molecule has 0 bridgehead atoms. The van der Waals surface area contributed by atoms with E-state index in [-0.39, 0.29) is 12.2 Å². The van der Waals surface area contributed by atoms with Gasteiger partial charge in [-0.3, -0.25) is 0 Å². The van der Waals surface area contributed by atoms with Crippen molar-refractivity contribution >= 4 is 19.7 Å². The molecule has 0 fully saturated rings. The zero-order valence-electron chi connectivity index (χ0n) is 7.73. The number of halogens is 2. The zero-order valence-corrected chi connectivity index (χ0v) is 9.30. The van der Waals surface area contributed by atoms with Crippen LogP contribution in [0, 0.1) is 5.82 Å². The Kier molecular flexibility index (Phi) is 4.07. The molecule has 3 nitrogen and oxygen atoms in total. The number of aliphatic hydroxyl groups is 1. The van der Waals surface area contributed by atoms with E-state index in [1.165, 1.54) is 24.3 Å². The van der Waals surface area contributed by atoms with E-state index in [4.69, 9.17) is 10.7 Å². The second kappa shape index (κ2) is 4.92. The molecule has 1 unspecified atom stereocenters. The summed E-state index contributed by atoms with van der Waals surface area (Å²) in [5.74, 6) is -0.885. The van der Waals surface area contributed by atoms with E-state index in [0.717, 1.165) is 0 Å². The zero-order chi connectivity index (χ0) is 11.5. The fraction of sp³-hybridized carbons (Fsp3) is 0.333. The topological polar surface area (TPSA) is 54.4 Å². The Bertz CT molecular complexity index is 415. The lowest BCUT2D eigenvalue weighted by atomic mass is 10.1. The normalized spacial score (nSPS) is 13.8. The van der Waals surface area contributed by atoms with E-state index >= 15 is 0 Å². The Morgan fingerprint density at radius 2 is 1.87 bits per heavy atom. The summed E-state index contributed by atoms with van der Waals surface area (Å²) in [6.45, 7) is 0. The van der Waals surface area contributed by atoms with Crippen molar-refractivity contribution in [3.05, 3.63) is 35.6 Å². The minimum atomic E-state index is -3.70. The van der Waals surface area contributed by atoms with E-state index in [1.807, 2.05) is 0 Å². The van der Waals surface area contributed by atoms with E-state index in [0.29, 0.717) is 5.56 Å². The molecule has 0 saturated heterocycles. The molecule has 1 rings (SSSR count). The van der Waals surface area contributed by atoms with Gasteiger partial charge in [0.2, 0.25) is 9.05 Å². The molecule has 0 aliphatic rings. The van der Waals surface area contributed by atoms with Crippen LogP contribution < -0.4 is 0 Å². The molecule has 0 aliphatic heterocycles. The van der Waals surface area contributed by atoms with Crippen LogP contribution in [0.1, 0.15) is 5.56 Å². The first-order chi connectivity index (χ1) is 6.87. The van der Waals surface area contributed by atoms with Crippen molar-refractivity contribution in [2.75, 3.05) is 5.75 Å². The third-order valence-electron chi connectivity index (χ3n) is 1.78. The van der Waals surface area contributed by atoms with Gasteiger partial charge in [0, 0.05) is 10.7 Å². The Hall–Kier alpha value is -0.650. The van der Waals surface area contributed by atoms with Crippen LogP contribution in [-0.2, 0) is 15.5 Å². The number of benzene rings is 1. The van der Waals surface area contributed by atoms with Gasteiger partial charge in [-0.2, -0.15) is 0 Å². The molecule has 1 aromatic carbocycles. The van der Waals surface area contributed by atoms with Crippen LogP contribution in [0.5, 0.6) is 0 Å². The monoisotopic (exact) mass is 252 g/mol. The second-order valence-corrected chi connectivity index (χ2v) is 6.01. The summed E-state index contributed by atoms with van der Waals surface area (Å²) in [6.07, 6.45) is -0.940. The third-order valence-corrected chi connectivity index (χ3v) is 2.94. The lowest BCUT2D eigenvalue weighted by molar-refractivity contribution is 0.198. The fourth-order valence-electron chi connectivity index (χ4n) is 1.18. The van der Waals surface area contributed by atoms with Crippen LogP contribution in [0.15, 0.2) is 24.3 Å². The summed E-state index contributed by atoms with van der Waals surface area (Å²) >= 11 is 0. The highest BCUT2D eigenvalue weighted by atomic mass is 35.7. The minimum absolute atomic E-state index is 0.131. The molecule has 0 aromatic heterocycles. The molecule has 0 radical (unpaired) electrons. The van der Waals surface area contributed by atoms with Crippen molar-refractivity contribution in [1.29, 1.82) is 0 Å². The molecule has 1 N–H and O–H groups in total. The van der Waals surface area contributed by atoms with Gasteiger partial charge in [0.15, 0.2) is 0 Å². The molecule has 0 saturated carbocycles. The second-order valence-electron chi connectivity index (χ2n) is 3.19. The van der Waals surface area contributed by atoms with Gasteiger partial charge >= 0.3 is 0 Å². The summed E-state index contributed by atoms with van der Waals surface area (Å²) in [7, 11) is 1.27. The molecule has 0 heterocycles. The van der Waals surface area contributed by atoms with Gasteiger partial charge in [-0.25, -0.2) is 12.8 Å². The van der Waals surface area contributed by atoms with Gasteiger partial charge in [0.25, 0.3) is 0 Å².